The van der Waals surface area contributed by atoms with E-state index >= 15 is 0 Å². The van der Waals surface area contributed by atoms with Gasteiger partial charge in [-0.25, -0.2) is 4.98 Å². The van der Waals surface area contributed by atoms with Gasteiger partial charge in [0.1, 0.15) is 5.82 Å². The lowest BCUT2D eigenvalue weighted by Gasteiger charge is -1.98. The van der Waals surface area contributed by atoms with Gasteiger partial charge in [0.2, 0.25) is 0 Å². The van der Waals surface area contributed by atoms with Crippen molar-refractivity contribution in [1.29, 1.82) is 0 Å². The second-order valence-corrected chi connectivity index (χ2v) is 3.32. The molecule has 0 atom stereocenters. The number of pyridine rings is 1. The van der Waals surface area contributed by atoms with Gasteiger partial charge in [-0.05, 0) is 23.6 Å². The third kappa shape index (κ3) is 1.83. The first-order chi connectivity index (χ1) is 6.40. The summed E-state index contributed by atoms with van der Waals surface area (Å²) in [6, 6.07) is 2.16. The number of hydrogen-bond acceptors (Lipinski definition) is 2. The van der Waals surface area contributed by atoms with Gasteiger partial charge in [-0.15, -0.1) is 11.6 Å². The minimum atomic E-state index is 0.551. The van der Waals surface area contributed by atoms with Crippen LogP contribution in [0.5, 0.6) is 0 Å². The normalized spacial score (nSPS) is 14.5. The van der Waals surface area contributed by atoms with E-state index in [9.17, 15) is 0 Å². The van der Waals surface area contributed by atoms with Crippen molar-refractivity contribution >= 4 is 23.5 Å². The largest absolute Gasteiger partial charge is 0.370 e. The lowest BCUT2D eigenvalue weighted by molar-refractivity contribution is 1.11. The molecule has 1 aliphatic heterocycles. The second kappa shape index (κ2) is 3.79. The Morgan fingerprint density at radius 1 is 1.62 bits per heavy atom. The van der Waals surface area contributed by atoms with E-state index in [0.717, 1.165) is 24.3 Å². The van der Waals surface area contributed by atoms with E-state index in [4.69, 9.17) is 11.6 Å². The molecular weight excluding hydrogens is 184 g/mol. The zero-order chi connectivity index (χ0) is 9.10. The summed E-state index contributed by atoms with van der Waals surface area (Å²) in [7, 11) is 0. The average Bonchev–Trinajstić information content (AvgIpc) is 2.61. The topological polar surface area (TPSA) is 24.9 Å². The number of nitrogens with one attached hydrogen (secondary N) is 1. The molecular formula is C10H11ClN2. The number of anilines is 1. The molecule has 0 aliphatic carbocycles. The van der Waals surface area contributed by atoms with Gasteiger partial charge in [-0.1, -0.05) is 12.2 Å². The van der Waals surface area contributed by atoms with Crippen molar-refractivity contribution < 1.29 is 0 Å². The molecule has 0 saturated carbocycles. The molecule has 0 bridgehead atoms. The van der Waals surface area contributed by atoms with Crippen molar-refractivity contribution in [3.8, 4) is 0 Å². The van der Waals surface area contributed by atoms with Crippen LogP contribution in [0, 0.1) is 0 Å². The lowest BCUT2D eigenvalue weighted by Crippen LogP contribution is -1.92. The number of fused-ring (bicyclic) bond motifs is 1. The van der Waals surface area contributed by atoms with Crippen molar-refractivity contribution in [3.63, 3.8) is 0 Å². The highest BCUT2D eigenvalue weighted by Gasteiger charge is 2.10. The highest BCUT2D eigenvalue weighted by molar-refractivity contribution is 6.19. The molecule has 0 amide bonds. The van der Waals surface area contributed by atoms with E-state index in [0.29, 0.717) is 5.88 Å². The van der Waals surface area contributed by atoms with Crippen LogP contribution in [0.2, 0.25) is 0 Å². The maximum Gasteiger partial charge on any atom is 0.129 e. The Hall–Kier alpha value is -1.02. The summed E-state index contributed by atoms with van der Waals surface area (Å²) in [6.45, 7) is 1.00. The van der Waals surface area contributed by atoms with Crippen LogP contribution in [0.1, 0.15) is 11.1 Å². The molecule has 68 valence electrons. The van der Waals surface area contributed by atoms with Gasteiger partial charge >= 0.3 is 0 Å². The Bertz CT molecular complexity index is 334. The van der Waals surface area contributed by atoms with Crippen LogP contribution in [0.3, 0.4) is 0 Å². The third-order valence-electron chi connectivity index (χ3n) is 2.07. The van der Waals surface area contributed by atoms with Gasteiger partial charge in [-0.3, -0.25) is 0 Å². The van der Waals surface area contributed by atoms with Crippen LogP contribution < -0.4 is 5.32 Å². The molecule has 0 fully saturated rings. The predicted molar refractivity (Wildman–Crippen MR) is 56.2 cm³/mol. The molecule has 2 nitrogen and oxygen atoms in total. The highest BCUT2D eigenvalue weighted by Crippen LogP contribution is 2.20. The summed E-state index contributed by atoms with van der Waals surface area (Å²) < 4.78 is 0. The Kier molecular flexibility index (Phi) is 2.50. The van der Waals surface area contributed by atoms with E-state index in [-0.39, 0.29) is 0 Å². The maximum absolute atomic E-state index is 5.55. The zero-order valence-electron chi connectivity index (χ0n) is 7.26. The van der Waals surface area contributed by atoms with Crippen LogP contribution >= 0.6 is 11.6 Å². The third-order valence-corrected chi connectivity index (χ3v) is 2.25. The van der Waals surface area contributed by atoms with Crippen molar-refractivity contribution in [3.05, 3.63) is 29.5 Å². The minimum Gasteiger partial charge on any atom is -0.370 e. The van der Waals surface area contributed by atoms with Gasteiger partial charge in [0.25, 0.3) is 0 Å². The van der Waals surface area contributed by atoms with Crippen LogP contribution in [-0.4, -0.2) is 17.4 Å². The molecule has 0 spiro atoms. The summed E-state index contributed by atoms with van der Waals surface area (Å²) in [6.07, 6.45) is 6.86. The summed E-state index contributed by atoms with van der Waals surface area (Å²) in [5.41, 5.74) is 2.43. The van der Waals surface area contributed by atoms with Gasteiger partial charge < -0.3 is 5.32 Å². The van der Waals surface area contributed by atoms with E-state index in [1.807, 2.05) is 18.3 Å². The Morgan fingerprint density at radius 2 is 2.54 bits per heavy atom. The van der Waals surface area contributed by atoms with Crippen LogP contribution in [-0.2, 0) is 6.42 Å². The van der Waals surface area contributed by atoms with Crippen molar-refractivity contribution in [1.82, 2.24) is 4.98 Å². The first-order valence-corrected chi connectivity index (χ1v) is 4.89. The summed E-state index contributed by atoms with van der Waals surface area (Å²) in [4.78, 5) is 4.31. The molecule has 0 saturated heterocycles. The molecule has 0 aromatic carbocycles. The van der Waals surface area contributed by atoms with Crippen LogP contribution in [0.15, 0.2) is 18.3 Å². The highest BCUT2D eigenvalue weighted by atomic mass is 35.5. The molecule has 0 unspecified atom stereocenters. The average molecular weight is 195 g/mol. The fourth-order valence-corrected chi connectivity index (χ4v) is 1.55. The van der Waals surface area contributed by atoms with Crippen molar-refractivity contribution in [2.45, 2.75) is 6.42 Å². The number of rotatable bonds is 2. The quantitative estimate of drug-likeness (QED) is 0.731. The molecule has 0 radical (unpaired) electrons. The number of hydrogen-bond donors (Lipinski definition) is 1. The Labute approximate surface area is 82.6 Å². The van der Waals surface area contributed by atoms with Gasteiger partial charge in [0.15, 0.2) is 0 Å². The fraction of sp³-hybridized carbons (Fsp3) is 0.300. The molecule has 1 aromatic heterocycles. The first-order valence-electron chi connectivity index (χ1n) is 4.35. The minimum absolute atomic E-state index is 0.551. The molecule has 1 aromatic rings. The molecule has 1 N–H and O–H groups in total. The van der Waals surface area contributed by atoms with Gasteiger partial charge in [-0.2, -0.15) is 0 Å². The smallest absolute Gasteiger partial charge is 0.129 e. The van der Waals surface area contributed by atoms with Gasteiger partial charge in [0.05, 0.1) is 0 Å². The molecule has 2 heterocycles. The number of alkyl halides is 1. The predicted octanol–water partition coefficient (Wildman–Crippen LogP) is 2.30. The van der Waals surface area contributed by atoms with Crippen LogP contribution in [0.4, 0.5) is 5.82 Å². The Morgan fingerprint density at radius 3 is 3.38 bits per heavy atom. The SMILES string of the molecule is ClCC=Cc1cnc2c(c1)CCN2. The zero-order valence-corrected chi connectivity index (χ0v) is 8.01. The molecule has 1 aliphatic rings. The number of halogens is 1. The monoisotopic (exact) mass is 194 g/mol. The van der Waals surface area contributed by atoms with Crippen molar-refractivity contribution in [2.24, 2.45) is 0 Å². The maximum atomic E-state index is 5.55. The number of allylic oxidation sites excluding steroid dienone is 1. The molecule has 13 heavy (non-hydrogen) atoms. The summed E-state index contributed by atoms with van der Waals surface area (Å²) in [5, 5.41) is 3.22. The van der Waals surface area contributed by atoms with Gasteiger partial charge in [0, 0.05) is 18.6 Å². The molecule has 3 heteroatoms. The number of aromatic nitrogens is 1. The van der Waals surface area contributed by atoms with Crippen LogP contribution in [0.25, 0.3) is 6.08 Å². The second-order valence-electron chi connectivity index (χ2n) is 3.01. The van der Waals surface area contributed by atoms with E-state index in [1.165, 1.54) is 5.56 Å². The van der Waals surface area contributed by atoms with E-state index in [2.05, 4.69) is 16.4 Å². The Balaban J connectivity index is 2.25. The first kappa shape index (κ1) is 8.57. The summed E-state index contributed by atoms with van der Waals surface area (Å²) in [5.74, 6) is 1.58. The van der Waals surface area contributed by atoms with E-state index in [1.54, 1.807) is 0 Å². The van der Waals surface area contributed by atoms with Crippen molar-refractivity contribution in [2.75, 3.05) is 17.7 Å². The van der Waals surface area contributed by atoms with E-state index < -0.39 is 0 Å². The fourth-order valence-electron chi connectivity index (χ4n) is 1.47. The lowest BCUT2D eigenvalue weighted by atomic mass is 10.1. The molecule has 2 rings (SSSR count). The number of nitrogens with zero attached hydrogens (tertiary/aromatic N) is 1. The standard InChI is InChI=1S/C10H11ClN2/c11-4-1-2-8-6-9-3-5-12-10(9)13-7-8/h1-2,6-7H,3-5H2,(H,12,13). The summed E-state index contributed by atoms with van der Waals surface area (Å²) >= 11 is 5.55.